The molecule has 178 valence electrons. The number of nitrogens with two attached hydrogens (primary N) is 1. The average Bonchev–Trinajstić information content (AvgIpc) is 3.35. The summed E-state index contributed by atoms with van der Waals surface area (Å²) in [5.74, 6) is 2.29. The van der Waals surface area contributed by atoms with E-state index in [0.29, 0.717) is 30.2 Å². The van der Waals surface area contributed by atoms with Crippen molar-refractivity contribution in [3.05, 3.63) is 33.2 Å². The van der Waals surface area contributed by atoms with Gasteiger partial charge in [-0.15, -0.1) is 0 Å². The van der Waals surface area contributed by atoms with Gasteiger partial charge in [0.1, 0.15) is 5.82 Å². The van der Waals surface area contributed by atoms with E-state index in [1.165, 1.54) is 12.8 Å². The Morgan fingerprint density at radius 2 is 1.91 bits per heavy atom. The second-order valence-electron chi connectivity index (χ2n) is 8.54. The largest absolute Gasteiger partial charge is 0.454 e. The molecular weight excluding hydrogens is 538 g/mol. The molecule has 1 aromatic carbocycles. The van der Waals surface area contributed by atoms with Crippen molar-refractivity contribution in [3.63, 3.8) is 0 Å². The molecule has 0 saturated carbocycles. The number of unbranched alkanes of at least 4 members (excludes halogenated alkanes) is 2. The average molecular weight is 568 g/mol. The number of benzene rings is 1. The van der Waals surface area contributed by atoms with Crippen molar-refractivity contribution in [2.45, 2.75) is 59.0 Å². The van der Waals surface area contributed by atoms with E-state index < -0.39 is 6.08 Å². The van der Waals surface area contributed by atoms with Gasteiger partial charge in [-0.05, 0) is 67.1 Å². The van der Waals surface area contributed by atoms with Crippen LogP contribution in [0.25, 0.3) is 11.2 Å². The van der Waals surface area contributed by atoms with Crippen LogP contribution in [0.1, 0.15) is 51.4 Å². The van der Waals surface area contributed by atoms with E-state index in [9.17, 15) is 4.39 Å². The first kappa shape index (κ1) is 23.9. The number of halogens is 2. The summed E-state index contributed by atoms with van der Waals surface area (Å²) in [5.41, 5.74) is 7.92. The molecule has 2 N–H and O–H groups in total. The van der Waals surface area contributed by atoms with Crippen LogP contribution in [0.4, 0.5) is 10.2 Å². The molecule has 0 amide bonds. The first-order valence-electron chi connectivity index (χ1n) is 11.4. The summed E-state index contributed by atoms with van der Waals surface area (Å²) >= 11 is 2.29. The predicted octanol–water partition coefficient (Wildman–Crippen LogP) is 4.37. The molecule has 1 aliphatic rings. The van der Waals surface area contributed by atoms with Gasteiger partial charge in [0.15, 0.2) is 28.5 Å². The second kappa shape index (κ2) is 10.4. The van der Waals surface area contributed by atoms with Gasteiger partial charge in [-0.25, -0.2) is 4.98 Å². The zero-order chi connectivity index (χ0) is 23.5. The highest BCUT2D eigenvalue weighted by Crippen LogP contribution is 2.36. The predicted molar refractivity (Wildman–Crippen MR) is 134 cm³/mol. The van der Waals surface area contributed by atoms with Gasteiger partial charge >= 0.3 is 6.08 Å². The molecule has 0 bridgehead atoms. The third-order valence-electron chi connectivity index (χ3n) is 5.95. The lowest BCUT2D eigenvalue weighted by Gasteiger charge is -2.27. The Morgan fingerprint density at radius 3 is 2.64 bits per heavy atom. The number of aromatic nitrogens is 4. The van der Waals surface area contributed by atoms with Crippen molar-refractivity contribution >= 4 is 39.6 Å². The zero-order valence-corrected chi connectivity index (χ0v) is 21.4. The van der Waals surface area contributed by atoms with Crippen LogP contribution in [0.5, 0.6) is 11.5 Å². The molecule has 0 saturated heterocycles. The van der Waals surface area contributed by atoms with Crippen molar-refractivity contribution in [3.8, 4) is 11.5 Å². The summed E-state index contributed by atoms with van der Waals surface area (Å²) in [7, 11) is 0. The van der Waals surface area contributed by atoms with Gasteiger partial charge in [-0.3, -0.25) is 4.90 Å². The van der Waals surface area contributed by atoms with Crippen molar-refractivity contribution in [2.75, 3.05) is 25.6 Å². The first-order valence-corrected chi connectivity index (χ1v) is 12.5. The molecular formula is C23H30FIN6O2. The van der Waals surface area contributed by atoms with Crippen molar-refractivity contribution in [2.24, 2.45) is 0 Å². The minimum absolute atomic E-state index is 0.0570. The molecule has 8 nitrogen and oxygen atoms in total. The highest BCUT2D eigenvalue weighted by Gasteiger charge is 2.21. The van der Waals surface area contributed by atoms with Crippen molar-refractivity contribution in [1.29, 1.82) is 0 Å². The Hall–Kier alpha value is -2.21. The lowest BCUT2D eigenvalue weighted by molar-refractivity contribution is 0.174. The van der Waals surface area contributed by atoms with Crippen LogP contribution >= 0.6 is 22.6 Å². The number of rotatable bonds is 10. The lowest BCUT2D eigenvalue weighted by Crippen LogP contribution is -2.35. The smallest absolute Gasteiger partial charge is 0.312 e. The van der Waals surface area contributed by atoms with Gasteiger partial charge in [0.25, 0.3) is 0 Å². The Morgan fingerprint density at radius 1 is 1.15 bits per heavy atom. The second-order valence-corrected chi connectivity index (χ2v) is 9.70. The van der Waals surface area contributed by atoms with E-state index in [2.05, 4.69) is 58.2 Å². The molecule has 0 spiro atoms. The molecule has 3 heterocycles. The fourth-order valence-electron chi connectivity index (χ4n) is 4.10. The maximum atomic E-state index is 14.1. The van der Waals surface area contributed by atoms with Crippen LogP contribution in [0.2, 0.25) is 0 Å². The van der Waals surface area contributed by atoms with Crippen LogP contribution in [0, 0.1) is 9.65 Å². The quantitative estimate of drug-likeness (QED) is 0.221. The van der Waals surface area contributed by atoms with Gasteiger partial charge in [0, 0.05) is 29.1 Å². The number of nitrogens with zero attached hydrogens (tertiary/aromatic N) is 5. The maximum Gasteiger partial charge on any atom is 0.312 e. The van der Waals surface area contributed by atoms with E-state index in [0.717, 1.165) is 46.0 Å². The Balaban J connectivity index is 1.66. The summed E-state index contributed by atoms with van der Waals surface area (Å²) in [6.07, 6.45) is 3.25. The van der Waals surface area contributed by atoms with Crippen molar-refractivity contribution < 1.29 is 13.9 Å². The van der Waals surface area contributed by atoms with Crippen LogP contribution in [0.3, 0.4) is 0 Å². The molecule has 0 radical (unpaired) electrons. The van der Waals surface area contributed by atoms with Crippen LogP contribution in [0.15, 0.2) is 12.1 Å². The third kappa shape index (κ3) is 5.32. The minimum atomic E-state index is -0.839. The monoisotopic (exact) mass is 568 g/mol. The van der Waals surface area contributed by atoms with Gasteiger partial charge < -0.3 is 19.8 Å². The van der Waals surface area contributed by atoms with E-state index in [-0.39, 0.29) is 12.6 Å². The van der Waals surface area contributed by atoms with Crippen LogP contribution in [-0.2, 0) is 13.0 Å². The Kier molecular flexibility index (Phi) is 7.52. The molecule has 0 atom stereocenters. The first-order chi connectivity index (χ1) is 15.9. The molecule has 10 heteroatoms. The fraction of sp³-hybridized carbons (Fsp3) is 0.522. The maximum absolute atomic E-state index is 14.1. The number of fused-ring (bicyclic) bond motifs is 2. The SMILES string of the molecule is CCCCCN(CCn1c(Cc2cc3c(cc2I)OCO3)nc2c(N)nc(F)nc21)C(C)C. The molecule has 2 aromatic heterocycles. The Bertz CT molecular complexity index is 1140. The summed E-state index contributed by atoms with van der Waals surface area (Å²) < 4.78 is 28.1. The summed E-state index contributed by atoms with van der Waals surface area (Å²) in [6, 6.07) is 4.35. The molecule has 0 aliphatic carbocycles. The van der Waals surface area contributed by atoms with E-state index in [4.69, 9.17) is 20.2 Å². The standard InChI is InChI=1S/C23H30FIN6O2/c1-4-5-6-7-30(14(2)3)8-9-31-19(27-20-21(26)28-23(24)29-22(20)31)11-15-10-17-18(12-16(15)25)33-13-32-17/h10,12,14H,4-9,11,13H2,1-3H3,(H2,26,28,29). The zero-order valence-electron chi connectivity index (χ0n) is 19.3. The summed E-state index contributed by atoms with van der Waals surface area (Å²) in [4.78, 5) is 14.9. The Labute approximate surface area is 206 Å². The van der Waals surface area contributed by atoms with Gasteiger partial charge in [-0.2, -0.15) is 14.4 Å². The highest BCUT2D eigenvalue weighted by molar-refractivity contribution is 14.1. The number of nitrogen functional groups attached to an aromatic ring is 1. The van der Waals surface area contributed by atoms with Crippen LogP contribution in [-0.4, -0.2) is 50.3 Å². The van der Waals surface area contributed by atoms with Crippen molar-refractivity contribution in [1.82, 2.24) is 24.4 Å². The third-order valence-corrected chi connectivity index (χ3v) is 6.96. The topological polar surface area (TPSA) is 91.3 Å². The number of hydrogen-bond donors (Lipinski definition) is 1. The summed E-state index contributed by atoms with van der Waals surface area (Å²) in [6.45, 7) is 9.30. The van der Waals surface area contributed by atoms with Gasteiger partial charge in [0.2, 0.25) is 6.79 Å². The number of ether oxygens (including phenoxy) is 2. The summed E-state index contributed by atoms with van der Waals surface area (Å²) in [5, 5.41) is 0. The lowest BCUT2D eigenvalue weighted by atomic mass is 10.1. The van der Waals surface area contributed by atoms with Gasteiger partial charge in [-0.1, -0.05) is 19.8 Å². The normalized spacial score (nSPS) is 13.1. The molecule has 0 fully saturated rings. The highest BCUT2D eigenvalue weighted by atomic mass is 127. The molecule has 33 heavy (non-hydrogen) atoms. The molecule has 3 aromatic rings. The fourth-order valence-corrected chi connectivity index (χ4v) is 4.73. The molecule has 4 rings (SSSR count). The molecule has 1 aliphatic heterocycles. The molecule has 0 unspecified atom stereocenters. The minimum Gasteiger partial charge on any atom is -0.454 e. The van der Waals surface area contributed by atoms with E-state index in [1.54, 1.807) is 0 Å². The van der Waals surface area contributed by atoms with E-state index >= 15 is 0 Å². The number of imidazole rings is 1. The number of anilines is 1. The van der Waals surface area contributed by atoms with Gasteiger partial charge in [0.05, 0.1) is 0 Å². The van der Waals surface area contributed by atoms with Crippen LogP contribution < -0.4 is 15.2 Å². The van der Waals surface area contributed by atoms with E-state index in [1.807, 2.05) is 16.7 Å². The number of hydrogen-bond acceptors (Lipinski definition) is 7.